The predicted octanol–water partition coefficient (Wildman–Crippen LogP) is 3.43. The van der Waals surface area contributed by atoms with E-state index in [4.69, 9.17) is 0 Å². The van der Waals surface area contributed by atoms with Gasteiger partial charge >= 0.3 is 0 Å². The summed E-state index contributed by atoms with van der Waals surface area (Å²) in [7, 11) is -3.70. The molecule has 1 fully saturated rings. The molecule has 0 bridgehead atoms. The molecule has 1 saturated carbocycles. The number of anilines is 1. The van der Waals surface area contributed by atoms with Gasteiger partial charge in [0.15, 0.2) is 0 Å². The summed E-state index contributed by atoms with van der Waals surface area (Å²) in [6, 6.07) is 13.1. The van der Waals surface area contributed by atoms with Gasteiger partial charge in [-0.2, -0.15) is 0 Å². The minimum atomic E-state index is -3.70. The molecule has 0 spiro atoms. The molecule has 0 atom stereocenters. The van der Waals surface area contributed by atoms with E-state index in [1.54, 1.807) is 24.3 Å². The molecule has 2 amide bonds. The lowest BCUT2D eigenvalue weighted by molar-refractivity contribution is -0.114. The first-order valence-electron chi connectivity index (χ1n) is 10.5. The molecule has 2 aromatic rings. The van der Waals surface area contributed by atoms with Crippen LogP contribution in [0, 0.1) is 5.92 Å². The SMILES string of the molecule is CC(=O)Nc1ccc(S(=O)(=O)NCc2ccc(C(=O)NC3CCC(C)CC3)cc2)cc1. The molecular formula is C23H29N3O4S. The van der Waals surface area contributed by atoms with Gasteiger partial charge in [0.25, 0.3) is 5.91 Å². The molecule has 2 aromatic carbocycles. The van der Waals surface area contributed by atoms with Gasteiger partial charge in [-0.3, -0.25) is 9.59 Å². The average Bonchev–Trinajstić information content (AvgIpc) is 2.74. The van der Waals surface area contributed by atoms with Crippen molar-refractivity contribution in [3.63, 3.8) is 0 Å². The zero-order chi connectivity index (χ0) is 22.4. The maximum atomic E-state index is 12.5. The fourth-order valence-electron chi connectivity index (χ4n) is 3.63. The molecule has 8 heteroatoms. The van der Waals surface area contributed by atoms with E-state index in [-0.39, 0.29) is 29.3 Å². The molecule has 0 unspecified atom stereocenters. The highest BCUT2D eigenvalue weighted by atomic mass is 32.2. The van der Waals surface area contributed by atoms with E-state index < -0.39 is 10.0 Å². The molecular weight excluding hydrogens is 414 g/mol. The average molecular weight is 444 g/mol. The van der Waals surface area contributed by atoms with Crippen molar-refractivity contribution in [1.82, 2.24) is 10.0 Å². The van der Waals surface area contributed by atoms with Crippen LogP contribution < -0.4 is 15.4 Å². The summed E-state index contributed by atoms with van der Waals surface area (Å²) >= 11 is 0. The summed E-state index contributed by atoms with van der Waals surface area (Å²) < 4.78 is 27.5. The van der Waals surface area contributed by atoms with Gasteiger partial charge < -0.3 is 10.6 Å². The largest absolute Gasteiger partial charge is 0.349 e. The Morgan fingerprint density at radius 1 is 0.935 bits per heavy atom. The number of carbonyl (C=O) groups is 2. The van der Waals surface area contributed by atoms with Crippen molar-refractivity contribution >= 4 is 27.5 Å². The van der Waals surface area contributed by atoms with Gasteiger partial charge in [0.05, 0.1) is 4.90 Å². The van der Waals surface area contributed by atoms with Gasteiger partial charge in [-0.1, -0.05) is 19.1 Å². The van der Waals surface area contributed by atoms with Crippen LogP contribution in [0.1, 0.15) is 55.5 Å². The second kappa shape index (κ2) is 10.1. The summed E-state index contributed by atoms with van der Waals surface area (Å²) in [5.74, 6) is 0.413. The molecule has 1 aliphatic carbocycles. The van der Waals surface area contributed by atoms with Crippen molar-refractivity contribution < 1.29 is 18.0 Å². The summed E-state index contributed by atoms with van der Waals surface area (Å²) in [6.07, 6.45) is 4.30. The Morgan fingerprint density at radius 2 is 1.55 bits per heavy atom. The van der Waals surface area contributed by atoms with E-state index in [0.29, 0.717) is 11.3 Å². The Bertz CT molecular complexity index is 1010. The van der Waals surface area contributed by atoms with Gasteiger partial charge in [0.2, 0.25) is 15.9 Å². The van der Waals surface area contributed by atoms with Gasteiger partial charge in [-0.15, -0.1) is 0 Å². The van der Waals surface area contributed by atoms with Gasteiger partial charge in [0.1, 0.15) is 0 Å². The van der Waals surface area contributed by atoms with Crippen molar-refractivity contribution in [2.24, 2.45) is 5.92 Å². The Morgan fingerprint density at radius 3 is 2.13 bits per heavy atom. The van der Waals surface area contributed by atoms with Crippen molar-refractivity contribution in [3.8, 4) is 0 Å². The number of sulfonamides is 1. The quantitative estimate of drug-likeness (QED) is 0.610. The number of hydrogen-bond acceptors (Lipinski definition) is 4. The summed E-state index contributed by atoms with van der Waals surface area (Å²) in [5.41, 5.74) is 1.85. The number of benzene rings is 2. The predicted molar refractivity (Wildman–Crippen MR) is 120 cm³/mol. The minimum absolute atomic E-state index is 0.0917. The summed E-state index contributed by atoms with van der Waals surface area (Å²) in [6.45, 7) is 3.74. The zero-order valence-corrected chi connectivity index (χ0v) is 18.7. The second-order valence-electron chi connectivity index (χ2n) is 8.16. The fourth-order valence-corrected chi connectivity index (χ4v) is 4.65. The van der Waals surface area contributed by atoms with Crippen LogP contribution in [0.15, 0.2) is 53.4 Å². The second-order valence-corrected chi connectivity index (χ2v) is 9.92. The minimum Gasteiger partial charge on any atom is -0.349 e. The molecule has 0 aromatic heterocycles. The first-order valence-corrected chi connectivity index (χ1v) is 12.0. The first-order chi connectivity index (χ1) is 14.7. The number of nitrogens with one attached hydrogen (secondary N) is 3. The Kier molecular flexibility index (Phi) is 7.46. The summed E-state index contributed by atoms with van der Waals surface area (Å²) in [5, 5.41) is 5.69. The van der Waals surface area contributed by atoms with E-state index in [2.05, 4.69) is 22.3 Å². The van der Waals surface area contributed by atoms with Crippen LogP contribution in [0.5, 0.6) is 0 Å². The van der Waals surface area contributed by atoms with E-state index in [1.165, 1.54) is 31.2 Å². The van der Waals surface area contributed by atoms with Crippen LogP contribution >= 0.6 is 0 Å². The maximum Gasteiger partial charge on any atom is 0.251 e. The number of hydrogen-bond donors (Lipinski definition) is 3. The number of amides is 2. The Balaban J connectivity index is 1.54. The molecule has 3 N–H and O–H groups in total. The van der Waals surface area contributed by atoms with E-state index >= 15 is 0 Å². The summed E-state index contributed by atoms with van der Waals surface area (Å²) in [4.78, 5) is 23.6. The molecule has 31 heavy (non-hydrogen) atoms. The third-order valence-corrected chi connectivity index (χ3v) is 6.94. The molecule has 1 aliphatic rings. The molecule has 3 rings (SSSR count). The van der Waals surface area contributed by atoms with Crippen LogP contribution in [0.4, 0.5) is 5.69 Å². The number of carbonyl (C=O) groups excluding carboxylic acids is 2. The molecule has 7 nitrogen and oxygen atoms in total. The highest BCUT2D eigenvalue weighted by Crippen LogP contribution is 2.23. The number of rotatable bonds is 7. The smallest absolute Gasteiger partial charge is 0.251 e. The normalized spacial score (nSPS) is 18.9. The van der Waals surface area contributed by atoms with Crippen LogP contribution in [-0.4, -0.2) is 26.3 Å². The van der Waals surface area contributed by atoms with E-state index in [0.717, 1.165) is 37.2 Å². The topological polar surface area (TPSA) is 104 Å². The lowest BCUT2D eigenvalue weighted by Crippen LogP contribution is -2.37. The van der Waals surface area contributed by atoms with E-state index in [9.17, 15) is 18.0 Å². The van der Waals surface area contributed by atoms with E-state index in [1.807, 2.05) is 0 Å². The van der Waals surface area contributed by atoms with Crippen LogP contribution in [0.3, 0.4) is 0 Å². The highest BCUT2D eigenvalue weighted by Gasteiger charge is 2.20. The highest BCUT2D eigenvalue weighted by molar-refractivity contribution is 7.89. The van der Waals surface area contributed by atoms with Gasteiger partial charge in [-0.05, 0) is 73.6 Å². The molecule has 0 aliphatic heterocycles. The van der Waals surface area contributed by atoms with Crippen LogP contribution in [-0.2, 0) is 21.4 Å². The fraction of sp³-hybridized carbons (Fsp3) is 0.391. The van der Waals surface area contributed by atoms with Crippen LogP contribution in [0.2, 0.25) is 0 Å². The lowest BCUT2D eigenvalue weighted by Gasteiger charge is -2.26. The van der Waals surface area contributed by atoms with Crippen LogP contribution in [0.25, 0.3) is 0 Å². The van der Waals surface area contributed by atoms with Crippen molar-refractivity contribution in [2.75, 3.05) is 5.32 Å². The Labute approximate surface area is 183 Å². The van der Waals surface area contributed by atoms with Gasteiger partial charge in [-0.25, -0.2) is 13.1 Å². The molecule has 0 radical (unpaired) electrons. The van der Waals surface area contributed by atoms with Crippen molar-refractivity contribution in [2.45, 2.75) is 57.0 Å². The third-order valence-electron chi connectivity index (χ3n) is 5.52. The monoisotopic (exact) mass is 443 g/mol. The molecule has 0 saturated heterocycles. The maximum absolute atomic E-state index is 12.5. The zero-order valence-electron chi connectivity index (χ0n) is 17.9. The Hall–Kier alpha value is -2.71. The standard InChI is InChI=1S/C23H29N3O4S/c1-16-3-9-21(10-4-16)26-23(28)19-7-5-18(6-8-19)15-24-31(29,30)22-13-11-20(12-14-22)25-17(2)27/h5-8,11-14,16,21,24H,3-4,9-10,15H2,1-2H3,(H,25,27)(H,26,28). The molecule has 0 heterocycles. The van der Waals surface area contributed by atoms with Crippen molar-refractivity contribution in [1.29, 1.82) is 0 Å². The lowest BCUT2D eigenvalue weighted by atomic mass is 9.87. The van der Waals surface area contributed by atoms with Crippen molar-refractivity contribution in [3.05, 3.63) is 59.7 Å². The van der Waals surface area contributed by atoms with Gasteiger partial charge in [0, 0.05) is 30.8 Å². The third kappa shape index (κ3) is 6.63. The first kappa shape index (κ1) is 23.0. The molecule has 166 valence electrons.